The summed E-state index contributed by atoms with van der Waals surface area (Å²) in [6.45, 7) is 3.29. The standard InChI is InChI=1S/C17H12FN3O4/c1-2-16(22)20-12-8-10(5-6-11(12)18)19-17(23)13-9-15(25-21-13)14-4-3-7-24-14/h2-9H,1H2,(H,19,23)(H,20,22). The van der Waals surface area contributed by atoms with E-state index in [1.54, 1.807) is 12.1 Å². The molecule has 7 nitrogen and oxygen atoms in total. The molecule has 3 aromatic rings. The van der Waals surface area contributed by atoms with E-state index < -0.39 is 17.6 Å². The molecule has 8 heteroatoms. The van der Waals surface area contributed by atoms with Gasteiger partial charge in [-0.15, -0.1) is 0 Å². The van der Waals surface area contributed by atoms with E-state index in [2.05, 4.69) is 22.4 Å². The first kappa shape index (κ1) is 16.2. The molecule has 0 saturated heterocycles. The van der Waals surface area contributed by atoms with Crippen LogP contribution in [0.15, 0.2) is 64.3 Å². The Hall–Kier alpha value is -3.68. The van der Waals surface area contributed by atoms with Crippen LogP contribution in [0.4, 0.5) is 15.8 Å². The minimum Gasteiger partial charge on any atom is -0.461 e. The molecule has 0 saturated carbocycles. The number of carbonyl (C=O) groups excluding carboxylic acids is 2. The summed E-state index contributed by atoms with van der Waals surface area (Å²) in [5, 5.41) is 8.51. The Morgan fingerprint density at radius 1 is 1.16 bits per heavy atom. The van der Waals surface area contributed by atoms with Gasteiger partial charge in [-0.3, -0.25) is 9.59 Å². The number of anilines is 2. The number of halogens is 1. The number of nitrogens with one attached hydrogen (secondary N) is 2. The third-order valence-corrected chi connectivity index (χ3v) is 3.17. The first-order chi connectivity index (χ1) is 12.1. The van der Waals surface area contributed by atoms with Gasteiger partial charge in [-0.05, 0) is 36.4 Å². The van der Waals surface area contributed by atoms with Gasteiger partial charge >= 0.3 is 0 Å². The number of amides is 2. The molecule has 0 atom stereocenters. The van der Waals surface area contributed by atoms with Crippen molar-refractivity contribution in [2.45, 2.75) is 0 Å². The second-order valence-electron chi connectivity index (χ2n) is 4.90. The molecule has 0 fully saturated rings. The van der Waals surface area contributed by atoms with E-state index in [1.165, 1.54) is 24.5 Å². The van der Waals surface area contributed by atoms with Crippen LogP contribution in [0.3, 0.4) is 0 Å². The van der Waals surface area contributed by atoms with Crippen molar-refractivity contribution in [2.75, 3.05) is 10.6 Å². The van der Waals surface area contributed by atoms with Crippen molar-refractivity contribution >= 4 is 23.2 Å². The zero-order chi connectivity index (χ0) is 17.8. The molecule has 0 unspecified atom stereocenters. The van der Waals surface area contributed by atoms with Gasteiger partial charge in [0.15, 0.2) is 11.5 Å². The zero-order valence-electron chi connectivity index (χ0n) is 12.8. The smallest absolute Gasteiger partial charge is 0.277 e. The van der Waals surface area contributed by atoms with Crippen LogP contribution >= 0.6 is 0 Å². The maximum absolute atomic E-state index is 13.7. The predicted molar refractivity (Wildman–Crippen MR) is 87.4 cm³/mol. The van der Waals surface area contributed by atoms with Crippen molar-refractivity contribution in [3.63, 3.8) is 0 Å². The highest BCUT2D eigenvalue weighted by Gasteiger charge is 2.16. The Morgan fingerprint density at radius 3 is 2.72 bits per heavy atom. The van der Waals surface area contributed by atoms with Gasteiger partial charge in [-0.2, -0.15) is 0 Å². The fourth-order valence-corrected chi connectivity index (χ4v) is 1.99. The van der Waals surface area contributed by atoms with Gasteiger partial charge < -0.3 is 19.6 Å². The molecular weight excluding hydrogens is 329 g/mol. The number of hydrogen-bond donors (Lipinski definition) is 2. The van der Waals surface area contributed by atoms with E-state index in [9.17, 15) is 14.0 Å². The maximum Gasteiger partial charge on any atom is 0.277 e. The second kappa shape index (κ2) is 6.83. The van der Waals surface area contributed by atoms with Crippen LogP contribution < -0.4 is 10.6 Å². The molecule has 0 radical (unpaired) electrons. The largest absolute Gasteiger partial charge is 0.461 e. The fraction of sp³-hybridized carbons (Fsp3) is 0. The summed E-state index contributed by atoms with van der Waals surface area (Å²) in [4.78, 5) is 23.5. The van der Waals surface area contributed by atoms with Crippen molar-refractivity contribution in [1.29, 1.82) is 0 Å². The lowest BCUT2D eigenvalue weighted by Gasteiger charge is -2.08. The molecule has 2 N–H and O–H groups in total. The molecule has 0 aliphatic carbocycles. The topological polar surface area (TPSA) is 97.4 Å². The summed E-state index contributed by atoms with van der Waals surface area (Å²) < 4.78 is 23.9. The van der Waals surface area contributed by atoms with Gasteiger partial charge in [0.25, 0.3) is 5.91 Å². The van der Waals surface area contributed by atoms with E-state index in [1.807, 2.05) is 0 Å². The number of hydrogen-bond acceptors (Lipinski definition) is 5. The Labute approximate surface area is 141 Å². The number of rotatable bonds is 5. The Bertz CT molecular complexity index is 931. The van der Waals surface area contributed by atoms with Crippen LogP contribution in [0, 0.1) is 5.82 Å². The molecule has 126 valence electrons. The number of aromatic nitrogens is 1. The summed E-state index contributed by atoms with van der Waals surface area (Å²) in [5.74, 6) is -1.04. The number of carbonyl (C=O) groups is 2. The first-order valence-electron chi connectivity index (χ1n) is 7.12. The SMILES string of the molecule is C=CC(=O)Nc1cc(NC(=O)c2cc(-c3ccco3)on2)ccc1F. The molecule has 2 heterocycles. The van der Waals surface area contributed by atoms with Gasteiger partial charge in [0.2, 0.25) is 11.7 Å². The van der Waals surface area contributed by atoms with Crippen molar-refractivity contribution in [3.8, 4) is 11.5 Å². The van der Waals surface area contributed by atoms with Crippen LogP contribution in [-0.4, -0.2) is 17.0 Å². The van der Waals surface area contributed by atoms with E-state index >= 15 is 0 Å². The van der Waals surface area contributed by atoms with Gasteiger partial charge in [-0.25, -0.2) is 4.39 Å². The monoisotopic (exact) mass is 341 g/mol. The molecule has 0 bridgehead atoms. The van der Waals surface area contributed by atoms with Crippen molar-refractivity contribution in [3.05, 3.63) is 66.8 Å². The lowest BCUT2D eigenvalue weighted by atomic mass is 10.2. The van der Waals surface area contributed by atoms with Crippen molar-refractivity contribution in [1.82, 2.24) is 5.16 Å². The highest BCUT2D eigenvalue weighted by atomic mass is 19.1. The third-order valence-electron chi connectivity index (χ3n) is 3.17. The Balaban J connectivity index is 1.76. The fourth-order valence-electron chi connectivity index (χ4n) is 1.99. The van der Waals surface area contributed by atoms with E-state index in [0.717, 1.165) is 12.1 Å². The summed E-state index contributed by atoms with van der Waals surface area (Å²) in [6.07, 6.45) is 2.48. The van der Waals surface area contributed by atoms with Gasteiger partial charge in [0.05, 0.1) is 12.0 Å². The van der Waals surface area contributed by atoms with E-state index in [0.29, 0.717) is 11.5 Å². The summed E-state index contributed by atoms with van der Waals surface area (Å²) >= 11 is 0. The Kier molecular flexibility index (Phi) is 4.42. The number of benzene rings is 1. The van der Waals surface area contributed by atoms with E-state index in [-0.39, 0.29) is 17.1 Å². The van der Waals surface area contributed by atoms with Gasteiger partial charge in [0, 0.05) is 11.8 Å². The molecule has 0 aliphatic heterocycles. The molecule has 3 rings (SSSR count). The molecule has 0 spiro atoms. The second-order valence-corrected chi connectivity index (χ2v) is 4.90. The third kappa shape index (κ3) is 3.63. The van der Waals surface area contributed by atoms with E-state index in [4.69, 9.17) is 8.94 Å². The molecule has 1 aromatic carbocycles. The predicted octanol–water partition coefficient (Wildman–Crippen LogP) is 3.45. The summed E-state index contributed by atoms with van der Waals surface area (Å²) in [7, 11) is 0. The average molecular weight is 341 g/mol. The van der Waals surface area contributed by atoms with Crippen LogP contribution in [0.25, 0.3) is 11.5 Å². The van der Waals surface area contributed by atoms with Crippen LogP contribution in [0.1, 0.15) is 10.5 Å². The lowest BCUT2D eigenvalue weighted by molar-refractivity contribution is -0.111. The maximum atomic E-state index is 13.7. The number of nitrogens with zero attached hydrogens (tertiary/aromatic N) is 1. The van der Waals surface area contributed by atoms with Crippen LogP contribution in [0.2, 0.25) is 0 Å². The quantitative estimate of drug-likeness (QED) is 0.693. The first-order valence-corrected chi connectivity index (χ1v) is 7.12. The van der Waals surface area contributed by atoms with Crippen molar-refractivity contribution < 1.29 is 22.9 Å². The number of furan rings is 1. The summed E-state index contributed by atoms with van der Waals surface area (Å²) in [6, 6.07) is 8.50. The van der Waals surface area contributed by atoms with Gasteiger partial charge in [0.1, 0.15) is 5.82 Å². The van der Waals surface area contributed by atoms with Crippen LogP contribution in [-0.2, 0) is 4.79 Å². The minimum atomic E-state index is -0.644. The normalized spacial score (nSPS) is 10.3. The molecule has 25 heavy (non-hydrogen) atoms. The Morgan fingerprint density at radius 2 is 2.00 bits per heavy atom. The summed E-state index contributed by atoms with van der Waals surface area (Å²) in [5.41, 5.74) is 0.208. The van der Waals surface area contributed by atoms with Crippen molar-refractivity contribution in [2.24, 2.45) is 0 Å². The lowest BCUT2D eigenvalue weighted by Crippen LogP contribution is -2.13. The molecular formula is C17H12FN3O4. The molecule has 2 amide bonds. The molecule has 0 aliphatic rings. The van der Waals surface area contributed by atoms with Crippen LogP contribution in [0.5, 0.6) is 0 Å². The highest BCUT2D eigenvalue weighted by Crippen LogP contribution is 2.23. The average Bonchev–Trinajstić information content (AvgIpc) is 3.28. The van der Waals surface area contributed by atoms with Gasteiger partial charge in [-0.1, -0.05) is 11.7 Å². The zero-order valence-corrected chi connectivity index (χ0v) is 12.8. The minimum absolute atomic E-state index is 0.0207. The highest BCUT2D eigenvalue weighted by molar-refractivity contribution is 6.04. The molecule has 2 aromatic heterocycles.